The number of rotatable bonds is 7. The van der Waals surface area contributed by atoms with E-state index in [4.69, 9.17) is 5.73 Å². The maximum absolute atomic E-state index is 5.95. The first-order valence-corrected chi connectivity index (χ1v) is 5.62. The molecule has 1 aliphatic rings. The second kappa shape index (κ2) is 4.97. The predicted molar refractivity (Wildman–Crippen MR) is 57.7 cm³/mol. The quantitative estimate of drug-likeness (QED) is 0.593. The topological polar surface area (TPSA) is 38.0 Å². The molecular formula is C11H24N2. The van der Waals surface area contributed by atoms with Gasteiger partial charge in [0.2, 0.25) is 0 Å². The van der Waals surface area contributed by atoms with Gasteiger partial charge in [0.15, 0.2) is 0 Å². The smallest absolute Gasteiger partial charge is 0.0282 e. The third kappa shape index (κ3) is 5.27. The standard InChI is InChI=1S/C11H24N2/c1-10(2)5-3-4-8-13-9-11(12)6-7-11/h10,13H,3-9,12H2,1-2H3. The van der Waals surface area contributed by atoms with Gasteiger partial charge in [-0.2, -0.15) is 0 Å². The lowest BCUT2D eigenvalue weighted by atomic mass is 10.1. The van der Waals surface area contributed by atoms with Crippen LogP contribution in [0.15, 0.2) is 0 Å². The van der Waals surface area contributed by atoms with E-state index in [-0.39, 0.29) is 5.54 Å². The van der Waals surface area contributed by atoms with Crippen molar-refractivity contribution < 1.29 is 0 Å². The SMILES string of the molecule is CC(C)CCCCNCC1(N)CC1. The average Bonchev–Trinajstić information content (AvgIpc) is 2.76. The van der Waals surface area contributed by atoms with Gasteiger partial charge >= 0.3 is 0 Å². The molecule has 1 fully saturated rings. The number of nitrogens with one attached hydrogen (secondary N) is 1. The highest BCUT2D eigenvalue weighted by Gasteiger charge is 2.37. The van der Waals surface area contributed by atoms with Gasteiger partial charge in [-0.25, -0.2) is 0 Å². The molecule has 0 aliphatic heterocycles. The Morgan fingerprint density at radius 2 is 2.00 bits per heavy atom. The lowest BCUT2D eigenvalue weighted by Gasteiger charge is -2.10. The van der Waals surface area contributed by atoms with Crippen LogP contribution in [0.4, 0.5) is 0 Å². The Balaban J connectivity index is 1.79. The molecule has 0 amide bonds. The second-order valence-corrected chi connectivity index (χ2v) is 4.93. The Kier molecular flexibility index (Phi) is 4.20. The summed E-state index contributed by atoms with van der Waals surface area (Å²) in [7, 11) is 0. The zero-order valence-corrected chi connectivity index (χ0v) is 9.10. The van der Waals surface area contributed by atoms with E-state index < -0.39 is 0 Å². The van der Waals surface area contributed by atoms with E-state index in [9.17, 15) is 0 Å². The molecule has 0 aromatic heterocycles. The summed E-state index contributed by atoms with van der Waals surface area (Å²) in [5.41, 5.74) is 6.13. The predicted octanol–water partition coefficient (Wildman–Crippen LogP) is 1.89. The van der Waals surface area contributed by atoms with Crippen LogP contribution in [-0.4, -0.2) is 18.6 Å². The van der Waals surface area contributed by atoms with Crippen LogP contribution in [0, 0.1) is 5.92 Å². The molecule has 0 spiro atoms. The summed E-state index contributed by atoms with van der Waals surface area (Å²) in [4.78, 5) is 0. The fourth-order valence-corrected chi connectivity index (χ4v) is 1.48. The minimum absolute atomic E-state index is 0.179. The van der Waals surface area contributed by atoms with E-state index in [0.29, 0.717) is 0 Å². The van der Waals surface area contributed by atoms with Crippen molar-refractivity contribution in [3.8, 4) is 0 Å². The summed E-state index contributed by atoms with van der Waals surface area (Å²) in [5.74, 6) is 0.851. The fraction of sp³-hybridized carbons (Fsp3) is 1.00. The fourth-order valence-electron chi connectivity index (χ4n) is 1.48. The van der Waals surface area contributed by atoms with Crippen molar-refractivity contribution in [2.75, 3.05) is 13.1 Å². The van der Waals surface area contributed by atoms with Crippen LogP contribution in [0.2, 0.25) is 0 Å². The largest absolute Gasteiger partial charge is 0.324 e. The van der Waals surface area contributed by atoms with Crippen LogP contribution in [0.3, 0.4) is 0 Å². The number of unbranched alkanes of at least 4 members (excludes halogenated alkanes) is 1. The highest BCUT2D eigenvalue weighted by molar-refractivity contribution is 5.00. The Morgan fingerprint density at radius 3 is 2.54 bits per heavy atom. The van der Waals surface area contributed by atoms with Crippen molar-refractivity contribution in [1.29, 1.82) is 0 Å². The molecule has 0 atom stereocenters. The number of hydrogen-bond acceptors (Lipinski definition) is 2. The molecule has 0 saturated heterocycles. The van der Waals surface area contributed by atoms with Crippen LogP contribution in [0.25, 0.3) is 0 Å². The number of nitrogens with two attached hydrogens (primary N) is 1. The van der Waals surface area contributed by atoms with Crippen molar-refractivity contribution in [3.05, 3.63) is 0 Å². The molecule has 0 aromatic rings. The maximum atomic E-state index is 5.95. The molecule has 2 nitrogen and oxygen atoms in total. The van der Waals surface area contributed by atoms with Gasteiger partial charge in [-0.05, 0) is 31.7 Å². The summed E-state index contributed by atoms with van der Waals surface area (Å²) in [5, 5.41) is 3.44. The first kappa shape index (κ1) is 11.0. The van der Waals surface area contributed by atoms with E-state index in [0.717, 1.165) is 19.0 Å². The van der Waals surface area contributed by atoms with Gasteiger partial charge in [-0.15, -0.1) is 0 Å². The van der Waals surface area contributed by atoms with Gasteiger partial charge in [-0.3, -0.25) is 0 Å². The van der Waals surface area contributed by atoms with Crippen molar-refractivity contribution in [1.82, 2.24) is 5.32 Å². The summed E-state index contributed by atoms with van der Waals surface area (Å²) in [6.45, 7) is 6.74. The second-order valence-electron chi connectivity index (χ2n) is 4.93. The van der Waals surface area contributed by atoms with Gasteiger partial charge < -0.3 is 11.1 Å². The van der Waals surface area contributed by atoms with Gasteiger partial charge in [-0.1, -0.05) is 26.7 Å². The molecule has 0 aromatic carbocycles. The molecule has 3 N–H and O–H groups in total. The Labute approximate surface area is 82.3 Å². The number of hydrogen-bond donors (Lipinski definition) is 2. The normalized spacial score (nSPS) is 19.4. The zero-order chi connectivity index (χ0) is 9.73. The van der Waals surface area contributed by atoms with Crippen molar-refractivity contribution in [3.63, 3.8) is 0 Å². The summed E-state index contributed by atoms with van der Waals surface area (Å²) in [6.07, 6.45) is 6.43. The monoisotopic (exact) mass is 184 g/mol. The average molecular weight is 184 g/mol. The van der Waals surface area contributed by atoms with Crippen LogP contribution in [-0.2, 0) is 0 Å². The third-order valence-electron chi connectivity index (χ3n) is 2.75. The molecule has 0 unspecified atom stereocenters. The maximum Gasteiger partial charge on any atom is 0.0282 e. The van der Waals surface area contributed by atoms with E-state index >= 15 is 0 Å². The summed E-state index contributed by atoms with van der Waals surface area (Å²) >= 11 is 0. The Morgan fingerprint density at radius 1 is 1.31 bits per heavy atom. The lowest BCUT2D eigenvalue weighted by molar-refractivity contribution is 0.504. The van der Waals surface area contributed by atoms with Gasteiger partial charge in [0.1, 0.15) is 0 Å². The lowest BCUT2D eigenvalue weighted by Crippen LogP contribution is -2.36. The molecular weight excluding hydrogens is 160 g/mol. The van der Waals surface area contributed by atoms with Crippen molar-refractivity contribution >= 4 is 0 Å². The van der Waals surface area contributed by atoms with Crippen LogP contribution >= 0.6 is 0 Å². The first-order chi connectivity index (χ1) is 6.12. The van der Waals surface area contributed by atoms with Crippen LogP contribution in [0.5, 0.6) is 0 Å². The molecule has 78 valence electrons. The van der Waals surface area contributed by atoms with Crippen molar-refractivity contribution in [2.45, 2.75) is 51.5 Å². The molecule has 0 heterocycles. The minimum Gasteiger partial charge on any atom is -0.324 e. The molecule has 0 radical (unpaired) electrons. The van der Waals surface area contributed by atoms with E-state index in [1.807, 2.05) is 0 Å². The van der Waals surface area contributed by atoms with Gasteiger partial charge in [0.05, 0.1) is 0 Å². The Hall–Kier alpha value is -0.0800. The van der Waals surface area contributed by atoms with E-state index in [1.54, 1.807) is 0 Å². The minimum atomic E-state index is 0.179. The van der Waals surface area contributed by atoms with Gasteiger partial charge in [0.25, 0.3) is 0 Å². The van der Waals surface area contributed by atoms with Gasteiger partial charge in [0, 0.05) is 12.1 Å². The zero-order valence-electron chi connectivity index (χ0n) is 9.10. The molecule has 2 heteroatoms. The van der Waals surface area contributed by atoms with Crippen molar-refractivity contribution in [2.24, 2.45) is 11.7 Å². The van der Waals surface area contributed by atoms with E-state index in [1.165, 1.54) is 32.1 Å². The Bertz CT molecular complexity index is 139. The molecule has 1 rings (SSSR count). The van der Waals surface area contributed by atoms with Crippen LogP contribution < -0.4 is 11.1 Å². The third-order valence-corrected chi connectivity index (χ3v) is 2.75. The molecule has 13 heavy (non-hydrogen) atoms. The molecule has 1 aliphatic carbocycles. The molecule has 1 saturated carbocycles. The van der Waals surface area contributed by atoms with Crippen LogP contribution in [0.1, 0.15) is 46.0 Å². The summed E-state index contributed by atoms with van der Waals surface area (Å²) in [6, 6.07) is 0. The highest BCUT2D eigenvalue weighted by atomic mass is 15.0. The van der Waals surface area contributed by atoms with E-state index in [2.05, 4.69) is 19.2 Å². The molecule has 0 bridgehead atoms. The first-order valence-electron chi connectivity index (χ1n) is 5.62. The summed E-state index contributed by atoms with van der Waals surface area (Å²) < 4.78 is 0. The highest BCUT2D eigenvalue weighted by Crippen LogP contribution is 2.30.